The van der Waals surface area contributed by atoms with Crippen molar-refractivity contribution in [3.8, 4) is 0 Å². The highest BCUT2D eigenvalue weighted by Gasteiger charge is 2.20. The van der Waals surface area contributed by atoms with Crippen molar-refractivity contribution < 1.29 is 4.79 Å². The summed E-state index contributed by atoms with van der Waals surface area (Å²) in [6, 6.07) is 10.6. The highest BCUT2D eigenvalue weighted by molar-refractivity contribution is 9.09. The van der Waals surface area contributed by atoms with Gasteiger partial charge in [0.25, 0.3) is 5.91 Å². The van der Waals surface area contributed by atoms with E-state index >= 15 is 0 Å². The molecule has 0 spiro atoms. The van der Waals surface area contributed by atoms with Crippen molar-refractivity contribution in [1.82, 2.24) is 5.32 Å². The van der Waals surface area contributed by atoms with Gasteiger partial charge in [0.05, 0.1) is 4.83 Å². The predicted molar refractivity (Wildman–Crippen MR) is 93.0 cm³/mol. The average Bonchev–Trinajstić information content (AvgIpc) is 3.08. The topological polar surface area (TPSA) is 29.1 Å². The molecule has 0 aliphatic carbocycles. The van der Waals surface area contributed by atoms with E-state index in [9.17, 15) is 4.79 Å². The van der Waals surface area contributed by atoms with E-state index < -0.39 is 0 Å². The fraction of sp³-hybridized carbons (Fsp3) is 0.188. The molecule has 3 heterocycles. The summed E-state index contributed by atoms with van der Waals surface area (Å²) in [4.78, 5) is 13.4. The standard InChI is InChI=1S/C16H12BrNOS2/c17-15(14-8-13-12(21-14)4-6-20-13)10-2-1-9-3-5-18-16(19)11(9)7-10/h1-2,4,6-8,15H,3,5H2,(H,18,19). The van der Waals surface area contributed by atoms with E-state index in [4.69, 9.17) is 0 Å². The van der Waals surface area contributed by atoms with Crippen LogP contribution in [0.2, 0.25) is 0 Å². The predicted octanol–water partition coefficient (Wildman–Crippen LogP) is 4.73. The molecule has 5 heteroatoms. The van der Waals surface area contributed by atoms with E-state index in [1.54, 1.807) is 11.3 Å². The molecule has 106 valence electrons. The first-order valence-electron chi connectivity index (χ1n) is 6.74. The monoisotopic (exact) mass is 377 g/mol. The van der Waals surface area contributed by atoms with E-state index in [-0.39, 0.29) is 10.7 Å². The highest BCUT2D eigenvalue weighted by atomic mass is 79.9. The zero-order valence-corrected chi connectivity index (χ0v) is 14.3. The summed E-state index contributed by atoms with van der Waals surface area (Å²) in [6.07, 6.45) is 0.920. The average molecular weight is 378 g/mol. The minimum absolute atomic E-state index is 0.0463. The van der Waals surface area contributed by atoms with Gasteiger partial charge in [0.2, 0.25) is 0 Å². The van der Waals surface area contributed by atoms with Gasteiger partial charge < -0.3 is 5.32 Å². The second kappa shape index (κ2) is 5.23. The molecule has 1 atom stereocenters. The second-order valence-corrected chi connectivity index (χ2v) is 8.06. The number of fused-ring (bicyclic) bond motifs is 2. The lowest BCUT2D eigenvalue weighted by molar-refractivity contribution is 0.0946. The summed E-state index contributed by atoms with van der Waals surface area (Å²) < 4.78 is 2.66. The van der Waals surface area contributed by atoms with Gasteiger partial charge in [0.15, 0.2) is 0 Å². The molecule has 0 saturated carbocycles. The number of carbonyl (C=O) groups is 1. The van der Waals surface area contributed by atoms with Gasteiger partial charge in [0.1, 0.15) is 0 Å². The smallest absolute Gasteiger partial charge is 0.251 e. The Bertz CT molecular complexity index is 807. The molecule has 0 saturated heterocycles. The van der Waals surface area contributed by atoms with Gasteiger partial charge in [-0.3, -0.25) is 4.79 Å². The fourth-order valence-corrected chi connectivity index (χ4v) is 5.48. The first-order valence-corrected chi connectivity index (χ1v) is 9.35. The van der Waals surface area contributed by atoms with Crippen LogP contribution in [-0.2, 0) is 6.42 Å². The molecular formula is C16H12BrNOS2. The molecule has 1 N–H and O–H groups in total. The molecule has 4 rings (SSSR count). The third-order valence-electron chi connectivity index (χ3n) is 3.76. The number of amides is 1. The zero-order valence-electron chi connectivity index (χ0n) is 11.1. The Hall–Kier alpha value is -1.17. The van der Waals surface area contributed by atoms with Crippen molar-refractivity contribution in [2.24, 2.45) is 0 Å². The van der Waals surface area contributed by atoms with Crippen LogP contribution in [0.15, 0.2) is 35.7 Å². The first-order chi connectivity index (χ1) is 10.2. The number of carbonyl (C=O) groups excluding carboxylic acids is 1. The molecule has 0 radical (unpaired) electrons. The lowest BCUT2D eigenvalue weighted by Crippen LogP contribution is -2.31. The summed E-state index contributed by atoms with van der Waals surface area (Å²) in [6.45, 7) is 0.740. The number of halogens is 1. The zero-order chi connectivity index (χ0) is 14.4. The maximum atomic E-state index is 12.0. The molecule has 1 amide bonds. The summed E-state index contributed by atoms with van der Waals surface area (Å²) in [5.41, 5.74) is 3.11. The minimum atomic E-state index is 0.0463. The molecule has 0 fully saturated rings. The van der Waals surface area contributed by atoms with Crippen molar-refractivity contribution in [2.45, 2.75) is 11.2 Å². The van der Waals surface area contributed by atoms with Crippen molar-refractivity contribution in [3.05, 3.63) is 57.3 Å². The lowest BCUT2D eigenvalue weighted by atomic mass is 9.96. The number of nitrogens with one attached hydrogen (secondary N) is 1. The molecule has 1 unspecified atom stereocenters. The molecule has 1 aliphatic rings. The van der Waals surface area contributed by atoms with Crippen molar-refractivity contribution in [1.29, 1.82) is 0 Å². The van der Waals surface area contributed by atoms with Crippen LogP contribution in [-0.4, -0.2) is 12.5 Å². The van der Waals surface area contributed by atoms with E-state index in [0.29, 0.717) is 0 Å². The van der Waals surface area contributed by atoms with Crippen LogP contribution in [0.25, 0.3) is 9.40 Å². The number of hydrogen-bond acceptors (Lipinski definition) is 3. The Labute approximate surface area is 138 Å². The van der Waals surface area contributed by atoms with E-state index in [1.165, 1.54) is 14.3 Å². The molecule has 0 bridgehead atoms. The van der Waals surface area contributed by atoms with Crippen LogP contribution in [0.5, 0.6) is 0 Å². The van der Waals surface area contributed by atoms with Crippen LogP contribution in [0.1, 0.15) is 31.2 Å². The number of hydrogen-bond donors (Lipinski definition) is 1. The van der Waals surface area contributed by atoms with Gasteiger partial charge in [0, 0.05) is 26.4 Å². The fourth-order valence-electron chi connectivity index (χ4n) is 2.66. The number of thiophene rings is 2. The molecule has 1 aromatic carbocycles. The molecule has 1 aliphatic heterocycles. The van der Waals surface area contributed by atoms with Crippen LogP contribution >= 0.6 is 38.6 Å². The van der Waals surface area contributed by atoms with Gasteiger partial charge >= 0.3 is 0 Å². The van der Waals surface area contributed by atoms with Crippen LogP contribution < -0.4 is 5.32 Å². The molecular weight excluding hydrogens is 366 g/mol. The largest absolute Gasteiger partial charge is 0.352 e. The summed E-state index contributed by atoms with van der Waals surface area (Å²) in [7, 11) is 0. The van der Waals surface area contributed by atoms with Crippen LogP contribution in [0.3, 0.4) is 0 Å². The first kappa shape index (κ1) is 13.5. The molecule has 3 aromatic rings. The Morgan fingerprint density at radius 1 is 1.19 bits per heavy atom. The maximum Gasteiger partial charge on any atom is 0.251 e. The minimum Gasteiger partial charge on any atom is -0.352 e. The highest BCUT2D eigenvalue weighted by Crippen LogP contribution is 2.40. The normalized spacial score (nSPS) is 15.8. The Balaban J connectivity index is 1.74. The number of alkyl halides is 1. The number of benzene rings is 1. The lowest BCUT2D eigenvalue weighted by Gasteiger charge is -2.18. The van der Waals surface area contributed by atoms with Gasteiger partial charge in [-0.2, -0.15) is 0 Å². The summed E-state index contributed by atoms with van der Waals surface area (Å²) in [5.74, 6) is 0.0463. The van der Waals surface area contributed by atoms with Gasteiger partial charge in [-0.25, -0.2) is 0 Å². The van der Waals surface area contributed by atoms with Crippen molar-refractivity contribution in [2.75, 3.05) is 6.54 Å². The molecule has 2 nitrogen and oxygen atoms in total. The Morgan fingerprint density at radius 2 is 2.10 bits per heavy atom. The third-order valence-corrected chi connectivity index (χ3v) is 7.24. The van der Waals surface area contributed by atoms with Crippen LogP contribution in [0.4, 0.5) is 0 Å². The summed E-state index contributed by atoms with van der Waals surface area (Å²) >= 11 is 7.37. The number of rotatable bonds is 2. The van der Waals surface area contributed by atoms with E-state index in [1.807, 2.05) is 17.4 Å². The van der Waals surface area contributed by atoms with Gasteiger partial charge in [-0.05, 0) is 41.1 Å². The van der Waals surface area contributed by atoms with E-state index in [2.05, 4.69) is 50.9 Å². The second-order valence-electron chi connectivity index (χ2n) is 5.08. The maximum absolute atomic E-state index is 12.0. The van der Waals surface area contributed by atoms with Crippen molar-refractivity contribution in [3.63, 3.8) is 0 Å². The van der Waals surface area contributed by atoms with Gasteiger partial charge in [-0.15, -0.1) is 22.7 Å². The SMILES string of the molecule is O=C1NCCc2ccc(C(Br)c3cc4sccc4s3)cc21. The molecule has 21 heavy (non-hydrogen) atoms. The van der Waals surface area contributed by atoms with Crippen LogP contribution in [0, 0.1) is 0 Å². The molecule has 2 aromatic heterocycles. The van der Waals surface area contributed by atoms with Gasteiger partial charge in [-0.1, -0.05) is 28.1 Å². The third kappa shape index (κ3) is 2.33. The van der Waals surface area contributed by atoms with Crippen molar-refractivity contribution >= 4 is 53.9 Å². The summed E-state index contributed by atoms with van der Waals surface area (Å²) in [5, 5.41) is 5.03. The Kier molecular flexibility index (Phi) is 3.36. The quantitative estimate of drug-likeness (QED) is 0.642. The van der Waals surface area contributed by atoms with E-state index in [0.717, 1.165) is 29.7 Å². The Morgan fingerprint density at radius 3 is 2.95 bits per heavy atom.